The molecule has 0 unspecified atom stereocenters. The van der Waals surface area contributed by atoms with Gasteiger partial charge in [0.25, 0.3) is 11.8 Å². The SMILES string of the molecule is O=C(O)CCOCCOCCOCCOCCCc1cccc(C(=O)Nc2ccc(OC3CCC3)cc2-c2cc(C(=O)N[C@H]3CCCc4ccccc43)ccn2)c1. The third-order valence-electron chi connectivity index (χ3n) is 10.1. The summed E-state index contributed by atoms with van der Waals surface area (Å²) >= 11 is 0. The first kappa shape index (κ1) is 41.5. The minimum atomic E-state index is -0.883. The number of carboxylic acids is 1. The first-order valence-corrected chi connectivity index (χ1v) is 20.0. The van der Waals surface area contributed by atoms with Gasteiger partial charge in [0.15, 0.2) is 0 Å². The number of carbonyl (C=O) groups is 3. The average molecular weight is 780 g/mol. The molecular weight excluding hydrogens is 727 g/mol. The lowest BCUT2D eigenvalue weighted by Crippen LogP contribution is -2.31. The van der Waals surface area contributed by atoms with Crippen molar-refractivity contribution in [3.8, 4) is 17.0 Å². The number of carbonyl (C=O) groups excluding carboxylic acids is 2. The van der Waals surface area contributed by atoms with Crippen LogP contribution in [0.5, 0.6) is 5.75 Å². The van der Waals surface area contributed by atoms with Crippen LogP contribution < -0.4 is 15.4 Å². The van der Waals surface area contributed by atoms with E-state index in [4.69, 9.17) is 28.8 Å². The first-order chi connectivity index (χ1) is 27.9. The van der Waals surface area contributed by atoms with Gasteiger partial charge in [0.2, 0.25) is 0 Å². The van der Waals surface area contributed by atoms with Gasteiger partial charge in [-0.2, -0.15) is 0 Å². The smallest absolute Gasteiger partial charge is 0.305 e. The second-order valence-electron chi connectivity index (χ2n) is 14.3. The fraction of sp³-hybridized carbons (Fsp3) is 0.422. The molecule has 1 heterocycles. The van der Waals surface area contributed by atoms with Crippen molar-refractivity contribution in [3.63, 3.8) is 0 Å². The monoisotopic (exact) mass is 779 g/mol. The molecule has 3 N–H and O–H groups in total. The zero-order valence-corrected chi connectivity index (χ0v) is 32.4. The van der Waals surface area contributed by atoms with Gasteiger partial charge in [-0.25, -0.2) is 0 Å². The zero-order valence-electron chi connectivity index (χ0n) is 32.4. The van der Waals surface area contributed by atoms with Crippen LogP contribution in [0.3, 0.4) is 0 Å². The molecule has 2 amide bonds. The van der Waals surface area contributed by atoms with Crippen LogP contribution in [0, 0.1) is 0 Å². The molecule has 12 nitrogen and oxygen atoms in total. The number of benzene rings is 3. The number of ether oxygens (including phenoxy) is 5. The summed E-state index contributed by atoms with van der Waals surface area (Å²) in [4.78, 5) is 42.4. The number of aryl methyl sites for hydroxylation is 2. The molecular formula is C45H53N3O9. The summed E-state index contributed by atoms with van der Waals surface area (Å²) in [6.07, 6.45) is 9.41. The Morgan fingerprint density at radius 3 is 2.21 bits per heavy atom. The largest absolute Gasteiger partial charge is 0.490 e. The van der Waals surface area contributed by atoms with E-state index in [0.29, 0.717) is 80.1 Å². The van der Waals surface area contributed by atoms with Crippen LogP contribution >= 0.6 is 0 Å². The van der Waals surface area contributed by atoms with Crippen molar-refractivity contribution in [2.45, 2.75) is 69.9 Å². The van der Waals surface area contributed by atoms with Crippen LogP contribution in [0.1, 0.15) is 88.4 Å². The highest BCUT2D eigenvalue weighted by atomic mass is 16.6. The molecule has 4 aromatic rings. The van der Waals surface area contributed by atoms with Crippen molar-refractivity contribution >= 4 is 23.5 Å². The number of aromatic nitrogens is 1. The van der Waals surface area contributed by atoms with Crippen molar-refractivity contribution in [2.24, 2.45) is 0 Å². The number of rotatable bonds is 23. The first-order valence-electron chi connectivity index (χ1n) is 20.0. The van der Waals surface area contributed by atoms with Crippen molar-refractivity contribution in [1.82, 2.24) is 10.3 Å². The molecule has 302 valence electrons. The second kappa shape index (κ2) is 22.0. The van der Waals surface area contributed by atoms with Gasteiger partial charge in [-0.1, -0.05) is 36.4 Å². The van der Waals surface area contributed by atoms with E-state index in [1.165, 1.54) is 11.1 Å². The van der Waals surface area contributed by atoms with E-state index in [1.54, 1.807) is 24.4 Å². The molecule has 6 rings (SSSR count). The molecule has 0 radical (unpaired) electrons. The predicted octanol–water partition coefficient (Wildman–Crippen LogP) is 7.21. The lowest BCUT2D eigenvalue weighted by atomic mass is 9.87. The molecule has 0 spiro atoms. The molecule has 1 fully saturated rings. The third kappa shape index (κ3) is 12.9. The van der Waals surface area contributed by atoms with E-state index in [-0.39, 0.29) is 37.0 Å². The molecule has 0 saturated heterocycles. The number of nitrogens with zero attached hydrogens (tertiary/aromatic N) is 1. The normalized spacial score (nSPS) is 15.0. The minimum absolute atomic E-state index is 0.0173. The maximum absolute atomic E-state index is 13.7. The number of hydrogen-bond donors (Lipinski definition) is 3. The summed E-state index contributed by atoms with van der Waals surface area (Å²) in [6, 6.07) is 24.9. The number of aliphatic carboxylic acids is 1. The third-order valence-corrected chi connectivity index (χ3v) is 10.1. The van der Waals surface area contributed by atoms with E-state index < -0.39 is 5.97 Å². The number of anilines is 1. The lowest BCUT2D eigenvalue weighted by molar-refractivity contribution is -0.138. The number of fused-ring (bicyclic) bond motifs is 1. The topological polar surface area (TPSA) is 155 Å². The highest BCUT2D eigenvalue weighted by molar-refractivity contribution is 6.06. The number of pyridine rings is 1. The summed E-state index contributed by atoms with van der Waals surface area (Å²) in [5, 5.41) is 14.9. The van der Waals surface area contributed by atoms with E-state index in [1.807, 2.05) is 48.5 Å². The molecule has 12 heteroatoms. The van der Waals surface area contributed by atoms with Crippen LogP contribution in [-0.4, -0.2) is 86.8 Å². The van der Waals surface area contributed by atoms with Gasteiger partial charge in [-0.05, 0) is 111 Å². The Labute approximate surface area is 334 Å². The number of hydrogen-bond acceptors (Lipinski definition) is 9. The van der Waals surface area contributed by atoms with E-state index in [0.717, 1.165) is 56.9 Å². The number of nitrogens with one attached hydrogen (secondary N) is 2. The Morgan fingerprint density at radius 1 is 0.719 bits per heavy atom. The Hall–Kier alpha value is -5.14. The molecule has 0 aliphatic heterocycles. The molecule has 1 saturated carbocycles. The Balaban J connectivity index is 0.999. The van der Waals surface area contributed by atoms with E-state index in [9.17, 15) is 14.4 Å². The molecule has 0 bridgehead atoms. The summed E-state index contributed by atoms with van der Waals surface area (Å²) in [7, 11) is 0. The van der Waals surface area contributed by atoms with Crippen molar-refractivity contribution < 1.29 is 43.2 Å². The molecule has 2 aliphatic carbocycles. The standard InChI is InChI=1S/C45H53N3O9/c49-43(50)19-22-54-24-26-56-28-27-55-25-23-53-21-6-8-32-7-3-11-34(29-32)44(51)48-41-17-16-37(57-36-12-5-13-36)31-39(41)42-30-35(18-20-46-42)45(52)47-40-15-4-10-33-9-1-2-14-38(33)40/h1-3,7,9,11,14,16-18,20,29-31,36,40H,4-6,8,10,12-13,15,19,21-28H2,(H,47,52)(H,48,51)(H,49,50)/t40-/m0/s1. The van der Waals surface area contributed by atoms with Gasteiger partial charge in [-0.15, -0.1) is 0 Å². The van der Waals surface area contributed by atoms with E-state index >= 15 is 0 Å². The van der Waals surface area contributed by atoms with Crippen LogP contribution in [-0.2, 0) is 36.6 Å². The maximum atomic E-state index is 13.7. The quantitative estimate of drug-likeness (QED) is 0.0658. The van der Waals surface area contributed by atoms with E-state index in [2.05, 4.69) is 27.8 Å². The molecule has 1 atom stereocenters. The molecule has 57 heavy (non-hydrogen) atoms. The highest BCUT2D eigenvalue weighted by Gasteiger charge is 2.24. The van der Waals surface area contributed by atoms with Gasteiger partial charge in [-0.3, -0.25) is 19.4 Å². The van der Waals surface area contributed by atoms with Crippen LogP contribution in [0.4, 0.5) is 5.69 Å². The van der Waals surface area contributed by atoms with Crippen LogP contribution in [0.2, 0.25) is 0 Å². The van der Waals surface area contributed by atoms with Crippen LogP contribution in [0.15, 0.2) is 85.1 Å². The minimum Gasteiger partial charge on any atom is -0.490 e. The highest BCUT2D eigenvalue weighted by Crippen LogP contribution is 2.35. The van der Waals surface area contributed by atoms with Crippen molar-refractivity contribution in [2.75, 3.05) is 58.2 Å². The van der Waals surface area contributed by atoms with Crippen LogP contribution in [0.25, 0.3) is 11.3 Å². The average Bonchev–Trinajstić information content (AvgIpc) is 3.21. The van der Waals surface area contributed by atoms with Crippen molar-refractivity contribution in [3.05, 3.63) is 113 Å². The van der Waals surface area contributed by atoms with Gasteiger partial charge in [0.05, 0.1) is 76.2 Å². The summed E-state index contributed by atoms with van der Waals surface area (Å²) < 4.78 is 28.1. The Morgan fingerprint density at radius 2 is 1.46 bits per heavy atom. The predicted molar refractivity (Wildman–Crippen MR) is 216 cm³/mol. The number of carboxylic acid groups (broad SMARTS) is 1. The zero-order chi connectivity index (χ0) is 39.7. The van der Waals surface area contributed by atoms with Crippen molar-refractivity contribution in [1.29, 1.82) is 0 Å². The van der Waals surface area contributed by atoms with Gasteiger partial charge in [0.1, 0.15) is 5.75 Å². The maximum Gasteiger partial charge on any atom is 0.305 e. The molecule has 2 aliphatic rings. The van der Waals surface area contributed by atoms with Gasteiger partial charge in [0, 0.05) is 29.5 Å². The van der Waals surface area contributed by atoms with Gasteiger partial charge >= 0.3 is 5.97 Å². The lowest BCUT2D eigenvalue weighted by Gasteiger charge is -2.27. The fourth-order valence-electron chi connectivity index (χ4n) is 6.83. The molecule has 1 aromatic heterocycles. The summed E-state index contributed by atoms with van der Waals surface area (Å²) in [6.45, 7) is 3.24. The second-order valence-corrected chi connectivity index (χ2v) is 14.3. The number of amides is 2. The Bertz CT molecular complexity index is 1930. The fourth-order valence-corrected chi connectivity index (χ4v) is 6.83. The Kier molecular flexibility index (Phi) is 16.0. The molecule has 3 aromatic carbocycles. The summed E-state index contributed by atoms with van der Waals surface area (Å²) in [5.41, 5.74) is 6.31. The summed E-state index contributed by atoms with van der Waals surface area (Å²) in [5.74, 6) is -0.604. The van der Waals surface area contributed by atoms with Gasteiger partial charge < -0.3 is 39.4 Å².